The van der Waals surface area contributed by atoms with Crippen LogP contribution in [0.3, 0.4) is 0 Å². The quantitative estimate of drug-likeness (QED) is 0.398. The van der Waals surface area contributed by atoms with Gasteiger partial charge in [0.2, 0.25) is 5.91 Å². The highest BCUT2D eigenvalue weighted by atomic mass is 16.6. The first-order valence-electron chi connectivity index (χ1n) is 10.5. The van der Waals surface area contributed by atoms with Crippen LogP contribution in [0.5, 0.6) is 0 Å². The summed E-state index contributed by atoms with van der Waals surface area (Å²) in [6, 6.07) is 13.5. The van der Waals surface area contributed by atoms with Crippen LogP contribution in [0.2, 0.25) is 0 Å². The zero-order valence-electron chi connectivity index (χ0n) is 17.9. The first-order chi connectivity index (χ1) is 14.9. The van der Waals surface area contributed by atoms with Crippen LogP contribution < -0.4 is 10.2 Å². The molecule has 0 bridgehead atoms. The van der Waals surface area contributed by atoms with E-state index in [0.717, 1.165) is 6.42 Å². The molecule has 0 spiro atoms. The molecule has 1 aliphatic rings. The van der Waals surface area contributed by atoms with E-state index in [1.807, 2.05) is 29.7 Å². The molecule has 0 saturated carbocycles. The smallest absolute Gasteiger partial charge is 0.293 e. The van der Waals surface area contributed by atoms with Gasteiger partial charge in [-0.05, 0) is 25.5 Å². The van der Waals surface area contributed by atoms with Gasteiger partial charge in [-0.2, -0.15) is 0 Å². The van der Waals surface area contributed by atoms with Gasteiger partial charge in [0.05, 0.1) is 11.5 Å². The van der Waals surface area contributed by atoms with Gasteiger partial charge in [-0.25, -0.2) is 0 Å². The van der Waals surface area contributed by atoms with Crippen molar-refractivity contribution < 1.29 is 14.5 Å². The normalized spacial score (nSPS) is 15.4. The minimum Gasteiger partial charge on any atom is -0.363 e. The van der Waals surface area contributed by atoms with Crippen LogP contribution in [0.15, 0.2) is 48.5 Å². The summed E-state index contributed by atoms with van der Waals surface area (Å²) in [7, 11) is 0. The van der Waals surface area contributed by atoms with Crippen molar-refractivity contribution in [1.29, 1.82) is 0 Å². The number of anilines is 1. The van der Waals surface area contributed by atoms with E-state index in [2.05, 4.69) is 5.32 Å². The molecule has 1 unspecified atom stereocenters. The van der Waals surface area contributed by atoms with Crippen molar-refractivity contribution in [3.05, 3.63) is 69.8 Å². The number of piperazine rings is 1. The number of nitrogens with one attached hydrogen (secondary N) is 1. The van der Waals surface area contributed by atoms with Gasteiger partial charge < -0.3 is 10.2 Å². The minimum absolute atomic E-state index is 0.00226. The maximum atomic E-state index is 12.7. The van der Waals surface area contributed by atoms with Crippen LogP contribution in [0.1, 0.15) is 36.2 Å². The summed E-state index contributed by atoms with van der Waals surface area (Å²) in [6.07, 6.45) is 0.881. The summed E-state index contributed by atoms with van der Waals surface area (Å²) in [5.41, 5.74) is 1.21. The standard InChI is InChI=1S/C23H28N4O4/c1-3-17(2)24-22(28)16-25-11-13-26(14-12-25)20-10-9-19(15-21(20)27(30)31)23(29)18-7-5-4-6-8-18/h4-10,15,17H,3,11-14,16H2,1-2H3,(H,24,28). The van der Waals surface area contributed by atoms with Crippen LogP contribution in [0.4, 0.5) is 11.4 Å². The number of rotatable bonds is 8. The third-order valence-corrected chi connectivity index (χ3v) is 5.57. The lowest BCUT2D eigenvalue weighted by Crippen LogP contribution is -2.50. The number of benzene rings is 2. The number of nitro benzene ring substituents is 1. The SMILES string of the molecule is CCC(C)NC(=O)CN1CCN(c2ccc(C(=O)c3ccccc3)cc2[N+](=O)[O-])CC1. The van der Waals surface area contributed by atoms with Crippen LogP contribution in [0, 0.1) is 10.1 Å². The molecular weight excluding hydrogens is 396 g/mol. The maximum absolute atomic E-state index is 12.7. The zero-order chi connectivity index (χ0) is 22.4. The van der Waals surface area contributed by atoms with Gasteiger partial charge in [0.15, 0.2) is 5.78 Å². The highest BCUT2D eigenvalue weighted by Gasteiger charge is 2.26. The summed E-state index contributed by atoms with van der Waals surface area (Å²) in [5.74, 6) is -0.245. The van der Waals surface area contributed by atoms with E-state index >= 15 is 0 Å². The highest BCUT2D eigenvalue weighted by molar-refractivity contribution is 6.09. The third-order valence-electron chi connectivity index (χ3n) is 5.57. The van der Waals surface area contributed by atoms with Crippen LogP contribution in [-0.2, 0) is 4.79 Å². The van der Waals surface area contributed by atoms with Gasteiger partial charge in [0, 0.05) is 49.4 Å². The Hall–Kier alpha value is -3.26. The summed E-state index contributed by atoms with van der Waals surface area (Å²) >= 11 is 0. The Morgan fingerprint density at radius 2 is 1.74 bits per heavy atom. The van der Waals surface area contributed by atoms with Crippen molar-refractivity contribution in [2.75, 3.05) is 37.6 Å². The molecule has 1 saturated heterocycles. The van der Waals surface area contributed by atoms with Crippen molar-refractivity contribution in [2.45, 2.75) is 26.3 Å². The topological polar surface area (TPSA) is 95.8 Å². The van der Waals surface area contributed by atoms with E-state index in [4.69, 9.17) is 0 Å². The Morgan fingerprint density at radius 3 is 2.35 bits per heavy atom. The number of hydrogen-bond acceptors (Lipinski definition) is 6. The second-order valence-electron chi connectivity index (χ2n) is 7.80. The maximum Gasteiger partial charge on any atom is 0.293 e. The fourth-order valence-electron chi connectivity index (χ4n) is 3.61. The number of nitro groups is 1. The van der Waals surface area contributed by atoms with Crippen molar-refractivity contribution in [3.8, 4) is 0 Å². The van der Waals surface area contributed by atoms with Crippen LogP contribution >= 0.6 is 0 Å². The molecule has 1 atom stereocenters. The van der Waals surface area contributed by atoms with Crippen molar-refractivity contribution in [1.82, 2.24) is 10.2 Å². The second kappa shape index (κ2) is 10.2. The van der Waals surface area contributed by atoms with E-state index in [9.17, 15) is 19.7 Å². The van der Waals surface area contributed by atoms with E-state index in [-0.39, 0.29) is 23.4 Å². The van der Waals surface area contributed by atoms with Gasteiger partial charge in [-0.15, -0.1) is 0 Å². The van der Waals surface area contributed by atoms with Crippen molar-refractivity contribution in [3.63, 3.8) is 0 Å². The third kappa shape index (κ3) is 5.67. The summed E-state index contributed by atoms with van der Waals surface area (Å²) in [6.45, 7) is 6.74. The van der Waals surface area contributed by atoms with Gasteiger partial charge in [-0.3, -0.25) is 24.6 Å². The number of carbonyl (C=O) groups is 2. The monoisotopic (exact) mass is 424 g/mol. The highest BCUT2D eigenvalue weighted by Crippen LogP contribution is 2.31. The Labute approximate surface area is 182 Å². The number of hydrogen-bond donors (Lipinski definition) is 1. The number of nitrogens with zero attached hydrogens (tertiary/aromatic N) is 3. The van der Waals surface area contributed by atoms with Crippen LogP contribution in [-0.4, -0.2) is 60.3 Å². The molecule has 2 aromatic rings. The summed E-state index contributed by atoms with van der Waals surface area (Å²) in [4.78, 5) is 40.0. The molecule has 3 rings (SSSR count). The van der Waals surface area contributed by atoms with E-state index in [1.165, 1.54) is 6.07 Å². The number of carbonyl (C=O) groups excluding carboxylic acids is 2. The minimum atomic E-state index is -0.441. The molecule has 1 amide bonds. The first-order valence-corrected chi connectivity index (χ1v) is 10.5. The number of amides is 1. The van der Waals surface area contributed by atoms with Gasteiger partial charge in [0.25, 0.3) is 5.69 Å². The molecule has 1 aliphatic heterocycles. The second-order valence-corrected chi connectivity index (χ2v) is 7.80. The molecular formula is C23H28N4O4. The lowest BCUT2D eigenvalue weighted by Gasteiger charge is -2.35. The molecule has 164 valence electrons. The fraction of sp³-hybridized carbons (Fsp3) is 0.391. The van der Waals surface area contributed by atoms with Gasteiger partial charge >= 0.3 is 0 Å². The average Bonchev–Trinajstić information content (AvgIpc) is 2.79. The van der Waals surface area contributed by atoms with Gasteiger partial charge in [-0.1, -0.05) is 37.3 Å². The Bertz CT molecular complexity index is 940. The van der Waals surface area contributed by atoms with Crippen LogP contribution in [0.25, 0.3) is 0 Å². The van der Waals surface area contributed by atoms with Crippen molar-refractivity contribution in [2.24, 2.45) is 0 Å². The Balaban J connectivity index is 1.68. The summed E-state index contributed by atoms with van der Waals surface area (Å²) in [5, 5.41) is 14.7. The lowest BCUT2D eigenvalue weighted by molar-refractivity contribution is -0.384. The molecule has 2 aromatic carbocycles. The molecule has 1 fully saturated rings. The largest absolute Gasteiger partial charge is 0.363 e. The first kappa shape index (κ1) is 22.4. The van der Waals surface area contributed by atoms with Crippen molar-refractivity contribution >= 4 is 23.1 Å². The van der Waals surface area contributed by atoms with E-state index in [0.29, 0.717) is 49.5 Å². The average molecular weight is 425 g/mol. The fourth-order valence-corrected chi connectivity index (χ4v) is 3.61. The molecule has 0 aliphatic carbocycles. The number of ketones is 1. The predicted molar refractivity (Wildman–Crippen MR) is 120 cm³/mol. The Kier molecular flexibility index (Phi) is 7.36. The molecule has 1 heterocycles. The molecule has 0 aromatic heterocycles. The molecule has 8 nitrogen and oxygen atoms in total. The summed E-state index contributed by atoms with van der Waals surface area (Å²) < 4.78 is 0. The lowest BCUT2D eigenvalue weighted by atomic mass is 10.0. The Morgan fingerprint density at radius 1 is 1.06 bits per heavy atom. The molecule has 1 N–H and O–H groups in total. The molecule has 31 heavy (non-hydrogen) atoms. The predicted octanol–water partition coefficient (Wildman–Crippen LogP) is 2.86. The van der Waals surface area contributed by atoms with E-state index in [1.54, 1.807) is 36.4 Å². The molecule has 8 heteroatoms. The van der Waals surface area contributed by atoms with Gasteiger partial charge in [0.1, 0.15) is 5.69 Å². The molecule has 0 radical (unpaired) electrons. The zero-order valence-corrected chi connectivity index (χ0v) is 17.9. The van der Waals surface area contributed by atoms with E-state index < -0.39 is 4.92 Å².